The number of halogens is 7. The van der Waals surface area contributed by atoms with E-state index in [2.05, 4.69) is 13.5 Å². The van der Waals surface area contributed by atoms with Gasteiger partial charge in [-0.05, 0) is 112 Å². The van der Waals surface area contributed by atoms with Gasteiger partial charge in [0.1, 0.15) is 6.17 Å². The molecule has 0 heterocycles. The van der Waals surface area contributed by atoms with E-state index in [0.717, 1.165) is 38.2 Å². The minimum absolute atomic E-state index is 0.0267. The van der Waals surface area contributed by atoms with Gasteiger partial charge in [-0.1, -0.05) is 50.6 Å². The third-order valence-electron chi connectivity index (χ3n) is 10.4. The van der Waals surface area contributed by atoms with Crippen LogP contribution in [0.25, 0.3) is 0 Å². The van der Waals surface area contributed by atoms with Gasteiger partial charge in [-0.15, -0.1) is 0 Å². The molecule has 2 unspecified atom stereocenters. The standard InChI is InChI=1S/C33H47F7O3/c1-21-23(19-24(41)20-26(21)34)11-10-22-9-6-17-30(5)25(22)12-13-27(30)29(4,15-7-14-28(2,3)42)16-8-18-31(43,32(35,36)37)33(38,39)40/h8,10-11,18,24-27,41-43H,1,6-7,9,12-17,19-20H2,2-5H3/b18-8-,22-10+,23-11-/t24?,25?,26-,27+,29+,30-/m0/s1. The van der Waals surface area contributed by atoms with E-state index in [9.17, 15) is 46.1 Å². The predicted molar refractivity (Wildman–Crippen MR) is 153 cm³/mol. The van der Waals surface area contributed by atoms with Crippen molar-refractivity contribution in [2.45, 2.75) is 134 Å². The maximum atomic E-state index is 14.3. The Morgan fingerprint density at radius 1 is 0.977 bits per heavy atom. The van der Waals surface area contributed by atoms with Crippen molar-refractivity contribution in [1.29, 1.82) is 0 Å². The van der Waals surface area contributed by atoms with E-state index in [-0.39, 0.29) is 36.2 Å². The van der Waals surface area contributed by atoms with Gasteiger partial charge >= 0.3 is 12.4 Å². The van der Waals surface area contributed by atoms with Gasteiger partial charge in [0.05, 0.1) is 11.7 Å². The fourth-order valence-electron chi connectivity index (χ4n) is 8.01. The van der Waals surface area contributed by atoms with Crippen LogP contribution in [-0.2, 0) is 0 Å². The second kappa shape index (κ2) is 12.6. The maximum absolute atomic E-state index is 14.3. The van der Waals surface area contributed by atoms with Gasteiger partial charge in [0, 0.05) is 6.42 Å². The Labute approximate surface area is 250 Å². The second-order valence-electron chi connectivity index (χ2n) is 14.3. The number of aliphatic hydroxyl groups excluding tert-OH is 1. The molecule has 3 fully saturated rings. The van der Waals surface area contributed by atoms with Crippen LogP contribution in [0.3, 0.4) is 0 Å². The predicted octanol–water partition coefficient (Wildman–Crippen LogP) is 8.85. The summed E-state index contributed by atoms with van der Waals surface area (Å²) < 4.78 is 94.4. The van der Waals surface area contributed by atoms with E-state index in [0.29, 0.717) is 36.8 Å². The second-order valence-corrected chi connectivity index (χ2v) is 14.3. The van der Waals surface area contributed by atoms with Crippen LogP contribution in [0.4, 0.5) is 30.7 Å². The average molecular weight is 625 g/mol. The molecule has 3 aliphatic rings. The van der Waals surface area contributed by atoms with Crippen LogP contribution in [0.2, 0.25) is 0 Å². The third-order valence-corrected chi connectivity index (χ3v) is 10.4. The van der Waals surface area contributed by atoms with Crippen molar-refractivity contribution in [2.75, 3.05) is 0 Å². The van der Waals surface area contributed by atoms with Crippen LogP contribution >= 0.6 is 0 Å². The summed E-state index contributed by atoms with van der Waals surface area (Å²) in [7, 11) is 0. The molecule has 0 aliphatic heterocycles. The number of allylic oxidation sites excluding steroid dienone is 5. The van der Waals surface area contributed by atoms with Crippen molar-refractivity contribution in [3.05, 3.63) is 47.6 Å². The number of hydrogen-bond acceptors (Lipinski definition) is 3. The Hall–Kier alpha value is -1.65. The number of rotatable bonds is 9. The van der Waals surface area contributed by atoms with Crippen LogP contribution in [0.5, 0.6) is 0 Å². The molecule has 3 nitrogen and oxygen atoms in total. The maximum Gasteiger partial charge on any atom is 0.429 e. The van der Waals surface area contributed by atoms with Gasteiger partial charge in [0.25, 0.3) is 5.60 Å². The molecular formula is C33H47F7O3. The highest BCUT2D eigenvalue weighted by atomic mass is 19.4. The zero-order valence-electron chi connectivity index (χ0n) is 25.6. The lowest BCUT2D eigenvalue weighted by molar-refractivity contribution is -0.347. The van der Waals surface area contributed by atoms with Crippen molar-refractivity contribution in [1.82, 2.24) is 0 Å². The molecule has 0 aromatic heterocycles. The van der Waals surface area contributed by atoms with Crippen LogP contribution in [0.15, 0.2) is 47.6 Å². The summed E-state index contributed by atoms with van der Waals surface area (Å²) in [5.74, 6) is 0.0882. The molecule has 0 aromatic carbocycles. The van der Waals surface area contributed by atoms with Gasteiger partial charge < -0.3 is 15.3 Å². The molecule has 3 rings (SSSR count). The molecule has 10 heteroatoms. The van der Waals surface area contributed by atoms with Crippen molar-refractivity contribution >= 4 is 0 Å². The molecule has 0 bridgehead atoms. The van der Waals surface area contributed by atoms with E-state index in [1.807, 2.05) is 19.1 Å². The molecule has 3 saturated carbocycles. The van der Waals surface area contributed by atoms with E-state index in [4.69, 9.17) is 0 Å². The van der Waals surface area contributed by atoms with Gasteiger partial charge in [-0.2, -0.15) is 26.3 Å². The summed E-state index contributed by atoms with van der Waals surface area (Å²) in [6, 6.07) is 0. The van der Waals surface area contributed by atoms with Crippen LogP contribution < -0.4 is 0 Å². The minimum Gasteiger partial charge on any atom is -0.393 e. The Morgan fingerprint density at radius 2 is 1.60 bits per heavy atom. The zero-order valence-corrected chi connectivity index (χ0v) is 25.6. The van der Waals surface area contributed by atoms with Crippen molar-refractivity contribution in [3.63, 3.8) is 0 Å². The molecule has 246 valence electrons. The number of fused-ring (bicyclic) bond motifs is 1. The van der Waals surface area contributed by atoms with E-state index < -0.39 is 41.2 Å². The average Bonchev–Trinajstić information content (AvgIpc) is 3.21. The molecule has 3 aliphatic carbocycles. The highest BCUT2D eigenvalue weighted by Gasteiger charge is 2.69. The Kier molecular flexibility index (Phi) is 10.5. The molecule has 0 saturated heterocycles. The minimum atomic E-state index is -5.93. The summed E-state index contributed by atoms with van der Waals surface area (Å²) in [4.78, 5) is 0. The van der Waals surface area contributed by atoms with Gasteiger partial charge in [0.2, 0.25) is 0 Å². The first kappa shape index (κ1) is 35.8. The summed E-state index contributed by atoms with van der Waals surface area (Å²) in [5.41, 5.74) is -4.69. The Morgan fingerprint density at radius 3 is 2.19 bits per heavy atom. The molecule has 0 amide bonds. The SMILES string of the molecule is C=C1/C(=C\C=C2/CCC[C@@]3(C)C2CC[C@@H]3[C@@](C)(C/C=C\C(O)(C(F)(F)F)C(F)(F)F)CCCC(C)(C)O)CC(O)C[C@@H]1F. The lowest BCUT2D eigenvalue weighted by atomic mass is 9.55. The topological polar surface area (TPSA) is 60.7 Å². The summed E-state index contributed by atoms with van der Waals surface area (Å²) in [6.07, 6.45) is -3.71. The molecule has 43 heavy (non-hydrogen) atoms. The fraction of sp³-hybridized carbons (Fsp3) is 0.758. The molecule has 0 spiro atoms. The molecule has 0 aromatic rings. The van der Waals surface area contributed by atoms with E-state index in [1.165, 1.54) is 5.57 Å². The highest BCUT2D eigenvalue weighted by molar-refractivity contribution is 5.39. The van der Waals surface area contributed by atoms with Crippen molar-refractivity contribution in [2.24, 2.45) is 22.7 Å². The summed E-state index contributed by atoms with van der Waals surface area (Å²) in [6.45, 7) is 11.2. The summed E-state index contributed by atoms with van der Waals surface area (Å²) >= 11 is 0. The number of hydrogen-bond donors (Lipinski definition) is 3. The van der Waals surface area contributed by atoms with E-state index >= 15 is 0 Å². The zero-order chi connectivity index (χ0) is 32.6. The number of alkyl halides is 7. The molecular weight excluding hydrogens is 577 g/mol. The largest absolute Gasteiger partial charge is 0.429 e. The fourth-order valence-corrected chi connectivity index (χ4v) is 8.01. The number of aliphatic hydroxyl groups is 3. The van der Waals surface area contributed by atoms with Gasteiger partial charge in [0.15, 0.2) is 0 Å². The monoisotopic (exact) mass is 624 g/mol. The molecule has 6 atom stereocenters. The van der Waals surface area contributed by atoms with Crippen LogP contribution in [0.1, 0.15) is 98.3 Å². The van der Waals surface area contributed by atoms with Gasteiger partial charge in [-0.3, -0.25) is 0 Å². The summed E-state index contributed by atoms with van der Waals surface area (Å²) in [5, 5.41) is 30.0. The lowest BCUT2D eigenvalue weighted by Gasteiger charge is -2.49. The Balaban J connectivity index is 1.93. The first-order valence-corrected chi connectivity index (χ1v) is 15.2. The van der Waals surface area contributed by atoms with Crippen LogP contribution in [0, 0.1) is 22.7 Å². The lowest BCUT2D eigenvalue weighted by Crippen LogP contribution is -2.55. The van der Waals surface area contributed by atoms with Crippen molar-refractivity contribution < 1.29 is 46.1 Å². The normalized spacial score (nSPS) is 32.9. The van der Waals surface area contributed by atoms with Gasteiger partial charge in [-0.25, -0.2) is 4.39 Å². The first-order chi connectivity index (χ1) is 19.5. The third kappa shape index (κ3) is 7.78. The van der Waals surface area contributed by atoms with Crippen molar-refractivity contribution in [3.8, 4) is 0 Å². The van der Waals surface area contributed by atoms with E-state index in [1.54, 1.807) is 13.8 Å². The first-order valence-electron chi connectivity index (χ1n) is 15.2. The molecule has 3 N–H and O–H groups in total. The molecule has 0 radical (unpaired) electrons. The Bertz CT molecular complexity index is 1080. The highest BCUT2D eigenvalue weighted by Crippen LogP contribution is 2.64. The van der Waals surface area contributed by atoms with Crippen LogP contribution in [-0.4, -0.2) is 51.1 Å². The smallest absolute Gasteiger partial charge is 0.393 e. The quantitative estimate of drug-likeness (QED) is 0.177.